The Balaban J connectivity index is 1.69. The van der Waals surface area contributed by atoms with Gasteiger partial charge in [0.25, 0.3) is 5.56 Å². The van der Waals surface area contributed by atoms with Gasteiger partial charge in [0.1, 0.15) is 11.5 Å². The van der Waals surface area contributed by atoms with Gasteiger partial charge in [-0.25, -0.2) is 9.79 Å². The number of nitrogens with zero attached hydrogens (tertiary/aromatic N) is 2. The summed E-state index contributed by atoms with van der Waals surface area (Å²) in [5, 5.41) is 0.603. The standard InChI is InChI=1S/C30H26BrClN2O6S/c1-6-39-29(36)26-16(3)33-30-34(27(26)20-13-23(37-4)24(38-5)14-21(20)31)28(35)25(41-30)12-18-9-10-22(40-18)19-11-17(32)8-7-15(19)2/h7-14,27H,6H2,1-5H3/b25-12-/t27-/m1/s1. The zero-order valence-corrected chi connectivity index (χ0v) is 26.1. The lowest BCUT2D eigenvalue weighted by Crippen LogP contribution is -2.40. The number of allylic oxidation sites excluding steroid dienone is 1. The van der Waals surface area contributed by atoms with Crippen LogP contribution < -0.4 is 24.4 Å². The van der Waals surface area contributed by atoms with Crippen molar-refractivity contribution >= 4 is 50.9 Å². The van der Waals surface area contributed by atoms with E-state index in [9.17, 15) is 9.59 Å². The number of benzene rings is 2. The highest BCUT2D eigenvalue weighted by atomic mass is 79.9. The maximum Gasteiger partial charge on any atom is 0.338 e. The molecule has 0 N–H and O–H groups in total. The van der Waals surface area contributed by atoms with Gasteiger partial charge in [-0.2, -0.15) is 0 Å². The number of hydrogen-bond acceptors (Lipinski definition) is 8. The predicted molar refractivity (Wildman–Crippen MR) is 162 cm³/mol. The van der Waals surface area contributed by atoms with Gasteiger partial charge in [0.15, 0.2) is 16.3 Å². The SMILES string of the molecule is CCOC(=O)C1=C(C)N=c2s/c(=C\c3ccc(-c4cc(Cl)ccc4C)o3)c(=O)n2[C@@H]1c1cc(OC)c(OC)cc1Br. The number of aromatic nitrogens is 1. The number of aryl methyl sites for hydroxylation is 1. The maximum atomic E-state index is 14.0. The van der Waals surface area contributed by atoms with Crippen LogP contribution in [0.15, 0.2) is 72.4 Å². The fourth-order valence-electron chi connectivity index (χ4n) is 4.73. The molecule has 0 amide bonds. The van der Waals surface area contributed by atoms with Crippen molar-refractivity contribution in [1.82, 2.24) is 4.57 Å². The topological polar surface area (TPSA) is 92.3 Å². The zero-order valence-electron chi connectivity index (χ0n) is 22.9. The number of furan rings is 1. The van der Waals surface area contributed by atoms with Crippen molar-refractivity contribution in [3.63, 3.8) is 0 Å². The van der Waals surface area contributed by atoms with Crippen LogP contribution in [0, 0.1) is 6.92 Å². The summed E-state index contributed by atoms with van der Waals surface area (Å²) in [6, 6.07) is 11.9. The Labute approximate surface area is 253 Å². The van der Waals surface area contributed by atoms with Crippen LogP contribution in [0.2, 0.25) is 5.02 Å². The van der Waals surface area contributed by atoms with Gasteiger partial charge >= 0.3 is 5.97 Å². The van der Waals surface area contributed by atoms with Crippen LogP contribution in [0.1, 0.15) is 36.8 Å². The van der Waals surface area contributed by atoms with E-state index in [2.05, 4.69) is 20.9 Å². The minimum absolute atomic E-state index is 0.173. The second-order valence-electron chi connectivity index (χ2n) is 9.19. The molecule has 8 nitrogen and oxygen atoms in total. The number of hydrogen-bond donors (Lipinski definition) is 0. The number of fused-ring (bicyclic) bond motifs is 1. The number of thiazole rings is 1. The van der Waals surface area contributed by atoms with E-state index in [0.717, 1.165) is 11.1 Å². The molecule has 0 radical (unpaired) electrons. The van der Waals surface area contributed by atoms with Crippen LogP contribution in [-0.4, -0.2) is 31.4 Å². The van der Waals surface area contributed by atoms with Crippen molar-refractivity contribution in [2.45, 2.75) is 26.8 Å². The average Bonchev–Trinajstić information content (AvgIpc) is 3.53. The van der Waals surface area contributed by atoms with E-state index in [0.29, 0.717) is 53.1 Å². The van der Waals surface area contributed by atoms with Gasteiger partial charge in [-0.1, -0.05) is 44.9 Å². The smallest absolute Gasteiger partial charge is 0.338 e. The highest BCUT2D eigenvalue weighted by Gasteiger charge is 2.35. The van der Waals surface area contributed by atoms with Crippen molar-refractivity contribution < 1.29 is 23.4 Å². The third kappa shape index (κ3) is 5.39. The van der Waals surface area contributed by atoms with E-state index in [1.807, 2.05) is 31.2 Å². The molecule has 11 heteroatoms. The van der Waals surface area contributed by atoms with Crippen LogP contribution in [0.4, 0.5) is 0 Å². The first-order chi connectivity index (χ1) is 19.7. The summed E-state index contributed by atoms with van der Waals surface area (Å²) < 4.78 is 25.0. The number of rotatable bonds is 7. The summed E-state index contributed by atoms with van der Waals surface area (Å²) in [7, 11) is 3.06. The molecule has 5 rings (SSSR count). The van der Waals surface area contributed by atoms with E-state index in [-0.39, 0.29) is 17.7 Å². The fraction of sp³-hybridized carbons (Fsp3) is 0.233. The normalized spacial score (nSPS) is 15.0. The molecule has 0 fully saturated rings. The molecular formula is C30H26BrClN2O6S. The first kappa shape index (κ1) is 28.9. The van der Waals surface area contributed by atoms with Gasteiger partial charge < -0.3 is 18.6 Å². The van der Waals surface area contributed by atoms with Gasteiger partial charge in [-0.15, -0.1) is 0 Å². The van der Waals surface area contributed by atoms with Crippen molar-refractivity contribution in [3.05, 3.63) is 99.8 Å². The summed E-state index contributed by atoms with van der Waals surface area (Å²) in [6.45, 7) is 5.61. The number of ether oxygens (including phenoxy) is 3. The van der Waals surface area contributed by atoms with Crippen LogP contribution >= 0.6 is 38.9 Å². The Morgan fingerprint density at radius 3 is 2.59 bits per heavy atom. The molecule has 0 saturated heterocycles. The quantitative estimate of drug-likeness (QED) is 0.234. The Kier molecular flexibility index (Phi) is 8.26. The van der Waals surface area contributed by atoms with Gasteiger partial charge in [0.05, 0.1) is 42.7 Å². The lowest BCUT2D eigenvalue weighted by Gasteiger charge is -2.26. The maximum absolute atomic E-state index is 14.0. The molecule has 1 aliphatic rings. The number of halogens is 2. The van der Waals surface area contributed by atoms with Crippen LogP contribution in [0.25, 0.3) is 17.4 Å². The first-order valence-corrected chi connectivity index (χ1v) is 14.6. The molecule has 2 aromatic carbocycles. The summed E-state index contributed by atoms with van der Waals surface area (Å²) in [6.07, 6.45) is 1.68. The summed E-state index contributed by atoms with van der Waals surface area (Å²) >= 11 is 11.0. The number of carbonyl (C=O) groups is 1. The first-order valence-electron chi connectivity index (χ1n) is 12.6. The molecule has 4 aromatic rings. The lowest BCUT2D eigenvalue weighted by molar-refractivity contribution is -0.139. The number of methoxy groups -OCH3 is 2. The predicted octanol–water partition coefficient (Wildman–Crippen LogP) is 5.80. The second kappa shape index (κ2) is 11.7. The highest BCUT2D eigenvalue weighted by molar-refractivity contribution is 9.10. The van der Waals surface area contributed by atoms with E-state index in [1.54, 1.807) is 38.1 Å². The van der Waals surface area contributed by atoms with Crippen molar-refractivity contribution in [1.29, 1.82) is 0 Å². The van der Waals surface area contributed by atoms with Gasteiger partial charge in [0.2, 0.25) is 0 Å². The molecule has 0 bridgehead atoms. The molecular weight excluding hydrogens is 632 g/mol. The molecule has 212 valence electrons. The van der Waals surface area contributed by atoms with E-state index in [1.165, 1.54) is 30.1 Å². The van der Waals surface area contributed by atoms with Crippen LogP contribution in [0.5, 0.6) is 11.5 Å². The molecule has 0 aliphatic carbocycles. The van der Waals surface area contributed by atoms with Crippen molar-refractivity contribution in [2.75, 3.05) is 20.8 Å². The van der Waals surface area contributed by atoms with Crippen LogP contribution in [-0.2, 0) is 9.53 Å². The Hall–Kier alpha value is -3.60. The van der Waals surface area contributed by atoms with E-state index in [4.69, 9.17) is 30.2 Å². The Morgan fingerprint density at radius 1 is 1.15 bits per heavy atom. The zero-order chi connectivity index (χ0) is 29.4. The van der Waals surface area contributed by atoms with E-state index >= 15 is 0 Å². The van der Waals surface area contributed by atoms with Gasteiger partial charge in [0, 0.05) is 21.1 Å². The minimum atomic E-state index is -0.831. The summed E-state index contributed by atoms with van der Waals surface area (Å²) in [5.41, 5.74) is 2.88. The lowest BCUT2D eigenvalue weighted by atomic mass is 9.95. The van der Waals surface area contributed by atoms with Crippen molar-refractivity contribution in [2.24, 2.45) is 4.99 Å². The fourth-order valence-corrected chi connectivity index (χ4v) is 6.47. The molecule has 0 unspecified atom stereocenters. The molecule has 0 saturated carbocycles. The van der Waals surface area contributed by atoms with E-state index < -0.39 is 12.0 Å². The number of carbonyl (C=O) groups excluding carboxylic acids is 1. The molecule has 3 heterocycles. The Bertz CT molecular complexity index is 1890. The number of esters is 1. The third-order valence-electron chi connectivity index (χ3n) is 6.68. The Morgan fingerprint density at radius 2 is 1.88 bits per heavy atom. The highest BCUT2D eigenvalue weighted by Crippen LogP contribution is 2.40. The monoisotopic (exact) mass is 656 g/mol. The average molecular weight is 658 g/mol. The largest absolute Gasteiger partial charge is 0.493 e. The molecule has 0 spiro atoms. The van der Waals surface area contributed by atoms with Gasteiger partial charge in [-0.3, -0.25) is 9.36 Å². The molecule has 1 atom stereocenters. The molecule has 1 aliphatic heterocycles. The van der Waals surface area contributed by atoms with Gasteiger partial charge in [-0.05, 0) is 68.3 Å². The van der Waals surface area contributed by atoms with Crippen molar-refractivity contribution in [3.8, 4) is 22.8 Å². The molecule has 41 heavy (non-hydrogen) atoms. The minimum Gasteiger partial charge on any atom is -0.493 e. The third-order valence-corrected chi connectivity index (χ3v) is 8.58. The second-order valence-corrected chi connectivity index (χ2v) is 11.5. The summed E-state index contributed by atoms with van der Waals surface area (Å²) in [4.78, 5) is 32.3. The van der Waals surface area contributed by atoms with Crippen LogP contribution in [0.3, 0.4) is 0 Å². The molecule has 2 aromatic heterocycles. The summed E-state index contributed by atoms with van der Waals surface area (Å²) in [5.74, 6) is 1.52.